The zero-order valence-corrected chi connectivity index (χ0v) is 8.08. The third kappa shape index (κ3) is 2.91. The number of nitrogens with zero attached hydrogens (tertiary/aromatic N) is 2. The number of pyridine rings is 1. The monoisotopic (exact) mass is 198 g/mol. The highest BCUT2D eigenvalue weighted by Crippen LogP contribution is 2.01. The molecule has 0 spiro atoms. The third-order valence-electron chi connectivity index (χ3n) is 1.81. The minimum absolute atomic E-state index is 0.937. The van der Waals surface area contributed by atoms with Gasteiger partial charge in [0, 0.05) is 11.8 Å². The van der Waals surface area contributed by atoms with Crippen molar-refractivity contribution in [1.29, 1.82) is 0 Å². The smallest absolute Gasteiger partial charge is 0.131 e. The summed E-state index contributed by atoms with van der Waals surface area (Å²) >= 11 is 0. The molecule has 2 aromatic heterocycles. The number of allylic oxidation sites excluding steroid dienone is 2. The van der Waals surface area contributed by atoms with Gasteiger partial charge in [-0.2, -0.15) is 0 Å². The molecule has 0 atom stereocenters. The van der Waals surface area contributed by atoms with Crippen molar-refractivity contribution >= 4 is 12.2 Å². The van der Waals surface area contributed by atoms with Gasteiger partial charge in [-0.25, -0.2) is 0 Å². The second-order valence-corrected chi connectivity index (χ2v) is 2.93. The summed E-state index contributed by atoms with van der Waals surface area (Å²) in [6, 6.07) is 5.80. The quantitative estimate of drug-likeness (QED) is 0.712. The molecule has 0 saturated carbocycles. The van der Waals surface area contributed by atoms with Crippen LogP contribution in [0.3, 0.4) is 0 Å². The van der Waals surface area contributed by atoms with E-state index in [4.69, 9.17) is 4.52 Å². The van der Waals surface area contributed by atoms with E-state index < -0.39 is 0 Å². The molecule has 0 aromatic carbocycles. The molecule has 2 aromatic rings. The van der Waals surface area contributed by atoms with Crippen molar-refractivity contribution in [3.63, 3.8) is 0 Å². The van der Waals surface area contributed by atoms with E-state index in [1.807, 2.05) is 42.5 Å². The van der Waals surface area contributed by atoms with E-state index in [0.717, 1.165) is 11.3 Å². The fourth-order valence-corrected chi connectivity index (χ4v) is 1.09. The minimum Gasteiger partial charge on any atom is -0.364 e. The lowest BCUT2D eigenvalue weighted by Crippen LogP contribution is -1.74. The van der Waals surface area contributed by atoms with Gasteiger partial charge in [-0.1, -0.05) is 29.5 Å². The van der Waals surface area contributed by atoms with E-state index in [1.54, 1.807) is 18.7 Å². The second-order valence-electron chi connectivity index (χ2n) is 2.93. The normalized spacial score (nSPS) is 11.5. The molecule has 74 valence electrons. The van der Waals surface area contributed by atoms with Crippen LogP contribution in [0.15, 0.2) is 53.5 Å². The molecule has 0 N–H and O–H groups in total. The Morgan fingerprint density at radius 3 is 2.80 bits per heavy atom. The summed E-state index contributed by atoms with van der Waals surface area (Å²) < 4.78 is 4.69. The predicted octanol–water partition coefficient (Wildman–Crippen LogP) is 2.80. The fraction of sp³-hybridized carbons (Fsp3) is 0. The molecular formula is C12H10N2O. The van der Waals surface area contributed by atoms with Crippen LogP contribution in [-0.2, 0) is 0 Å². The Kier molecular flexibility index (Phi) is 3.07. The molecule has 0 aliphatic carbocycles. The van der Waals surface area contributed by atoms with Crippen LogP contribution in [0.2, 0.25) is 0 Å². The van der Waals surface area contributed by atoms with Gasteiger partial charge in [-0.15, -0.1) is 0 Å². The number of hydrogen-bond acceptors (Lipinski definition) is 3. The lowest BCUT2D eigenvalue weighted by Gasteiger charge is -1.87. The molecule has 3 nitrogen and oxygen atoms in total. The lowest BCUT2D eigenvalue weighted by atomic mass is 10.3. The van der Waals surface area contributed by atoms with Crippen molar-refractivity contribution in [2.75, 3.05) is 0 Å². The first kappa shape index (κ1) is 9.40. The van der Waals surface area contributed by atoms with Crippen LogP contribution >= 0.6 is 0 Å². The van der Waals surface area contributed by atoms with Crippen LogP contribution in [-0.4, -0.2) is 10.1 Å². The maximum absolute atomic E-state index is 4.69. The van der Waals surface area contributed by atoms with Gasteiger partial charge in [-0.3, -0.25) is 4.98 Å². The van der Waals surface area contributed by atoms with E-state index >= 15 is 0 Å². The lowest BCUT2D eigenvalue weighted by molar-refractivity contribution is 0.419. The Bertz CT molecular complexity index is 444. The van der Waals surface area contributed by atoms with Gasteiger partial charge in [0.1, 0.15) is 6.26 Å². The Morgan fingerprint density at radius 1 is 1.13 bits per heavy atom. The molecular weight excluding hydrogens is 188 g/mol. The molecule has 3 heteroatoms. The molecule has 0 aliphatic rings. The van der Waals surface area contributed by atoms with Crippen molar-refractivity contribution < 1.29 is 4.52 Å². The molecule has 0 aliphatic heterocycles. The summed E-state index contributed by atoms with van der Waals surface area (Å²) in [5.74, 6) is 0. The van der Waals surface area contributed by atoms with Gasteiger partial charge in [0.2, 0.25) is 0 Å². The summed E-state index contributed by atoms with van der Waals surface area (Å²) in [6.07, 6.45) is 12.7. The van der Waals surface area contributed by atoms with Crippen molar-refractivity contribution in [2.45, 2.75) is 0 Å². The van der Waals surface area contributed by atoms with Crippen LogP contribution in [0.1, 0.15) is 11.3 Å². The first-order chi connectivity index (χ1) is 7.45. The molecule has 2 heterocycles. The Balaban J connectivity index is 1.96. The summed E-state index contributed by atoms with van der Waals surface area (Å²) in [5, 5.41) is 3.60. The van der Waals surface area contributed by atoms with Gasteiger partial charge >= 0.3 is 0 Å². The SMILES string of the molecule is C(C=Cc1ccccn1)=Cc1cnoc1. The Labute approximate surface area is 87.8 Å². The third-order valence-corrected chi connectivity index (χ3v) is 1.81. The Morgan fingerprint density at radius 2 is 2.07 bits per heavy atom. The van der Waals surface area contributed by atoms with Crippen LogP contribution < -0.4 is 0 Å². The molecule has 0 amide bonds. The molecule has 15 heavy (non-hydrogen) atoms. The van der Waals surface area contributed by atoms with Crippen molar-refractivity contribution in [2.24, 2.45) is 0 Å². The van der Waals surface area contributed by atoms with E-state index in [9.17, 15) is 0 Å². The van der Waals surface area contributed by atoms with Crippen LogP contribution in [0, 0.1) is 0 Å². The van der Waals surface area contributed by atoms with Gasteiger partial charge in [0.25, 0.3) is 0 Å². The van der Waals surface area contributed by atoms with Gasteiger partial charge < -0.3 is 4.52 Å². The highest BCUT2D eigenvalue weighted by atomic mass is 16.5. The first-order valence-electron chi connectivity index (χ1n) is 4.60. The zero-order chi connectivity index (χ0) is 10.3. The first-order valence-corrected chi connectivity index (χ1v) is 4.60. The fourth-order valence-electron chi connectivity index (χ4n) is 1.09. The average Bonchev–Trinajstić information content (AvgIpc) is 2.79. The maximum atomic E-state index is 4.69. The highest BCUT2D eigenvalue weighted by molar-refractivity contribution is 5.53. The summed E-state index contributed by atoms with van der Waals surface area (Å²) in [4.78, 5) is 4.16. The van der Waals surface area contributed by atoms with Gasteiger partial charge in [0.05, 0.1) is 11.9 Å². The summed E-state index contributed by atoms with van der Waals surface area (Å²) in [7, 11) is 0. The van der Waals surface area contributed by atoms with E-state index in [0.29, 0.717) is 0 Å². The van der Waals surface area contributed by atoms with Crippen LogP contribution in [0.4, 0.5) is 0 Å². The van der Waals surface area contributed by atoms with E-state index in [1.165, 1.54) is 0 Å². The summed E-state index contributed by atoms with van der Waals surface area (Å²) in [5.41, 5.74) is 1.88. The van der Waals surface area contributed by atoms with E-state index in [-0.39, 0.29) is 0 Å². The molecule has 0 saturated heterocycles. The number of hydrogen-bond donors (Lipinski definition) is 0. The van der Waals surface area contributed by atoms with E-state index in [2.05, 4.69) is 10.1 Å². The van der Waals surface area contributed by atoms with Crippen molar-refractivity contribution in [3.8, 4) is 0 Å². The summed E-state index contributed by atoms with van der Waals surface area (Å²) in [6.45, 7) is 0. The maximum Gasteiger partial charge on any atom is 0.131 e. The Hall–Kier alpha value is -2.16. The number of rotatable bonds is 3. The molecule has 0 unspecified atom stereocenters. The van der Waals surface area contributed by atoms with Crippen molar-refractivity contribution in [3.05, 3.63) is 60.3 Å². The topological polar surface area (TPSA) is 38.9 Å². The van der Waals surface area contributed by atoms with Crippen molar-refractivity contribution in [1.82, 2.24) is 10.1 Å². The largest absolute Gasteiger partial charge is 0.364 e. The zero-order valence-electron chi connectivity index (χ0n) is 8.08. The number of aromatic nitrogens is 2. The van der Waals surface area contributed by atoms with Crippen LogP contribution in [0.5, 0.6) is 0 Å². The van der Waals surface area contributed by atoms with Gasteiger partial charge in [-0.05, 0) is 18.2 Å². The molecule has 0 bridgehead atoms. The second kappa shape index (κ2) is 4.91. The standard InChI is InChI=1S/C12H10N2O/c1(5-11-9-14-15-10-11)2-6-12-7-3-4-8-13-12/h1-10H. The highest BCUT2D eigenvalue weighted by Gasteiger charge is 1.85. The van der Waals surface area contributed by atoms with Gasteiger partial charge in [0.15, 0.2) is 0 Å². The predicted molar refractivity (Wildman–Crippen MR) is 58.8 cm³/mol. The minimum atomic E-state index is 0.937. The molecule has 0 radical (unpaired) electrons. The molecule has 0 fully saturated rings. The molecule has 2 rings (SSSR count). The average molecular weight is 198 g/mol. The van der Waals surface area contributed by atoms with Crippen LogP contribution in [0.25, 0.3) is 12.2 Å².